The van der Waals surface area contributed by atoms with E-state index >= 15 is 0 Å². The largest absolute Gasteiger partial charge is 0.310 e. The molecule has 1 aromatic rings. The first-order valence-corrected chi connectivity index (χ1v) is 8.71. The van der Waals surface area contributed by atoms with Crippen molar-refractivity contribution in [2.24, 2.45) is 17.8 Å². The number of rotatable bonds is 6. The van der Waals surface area contributed by atoms with Gasteiger partial charge in [-0.3, -0.25) is 0 Å². The van der Waals surface area contributed by atoms with Gasteiger partial charge in [0.2, 0.25) is 0 Å². The fourth-order valence-corrected chi connectivity index (χ4v) is 4.53. The minimum Gasteiger partial charge on any atom is -0.310 e. The summed E-state index contributed by atoms with van der Waals surface area (Å²) in [5, 5.41) is 12.3. The van der Waals surface area contributed by atoms with Gasteiger partial charge < -0.3 is 5.32 Å². The van der Waals surface area contributed by atoms with E-state index in [9.17, 15) is 0 Å². The molecule has 4 unspecified atom stereocenters. The van der Waals surface area contributed by atoms with Crippen LogP contribution in [0.4, 0.5) is 0 Å². The molecule has 1 N–H and O–H groups in total. The SMILES string of the molecule is CCCNC(CC1CC2CCC1C2)c1cc(C)nnc1C. The molecular formula is C18H29N3. The standard InChI is InChI=1S/C18H29N3/c1-4-7-19-18(17-8-12(2)20-21-13(17)3)11-16-10-14-5-6-15(16)9-14/h8,14-16,18-19H,4-7,9-11H2,1-3H3. The summed E-state index contributed by atoms with van der Waals surface area (Å²) in [5.74, 6) is 2.95. The Morgan fingerprint density at radius 1 is 1.24 bits per heavy atom. The Morgan fingerprint density at radius 2 is 2.10 bits per heavy atom. The molecule has 2 aliphatic rings. The molecule has 0 aliphatic heterocycles. The van der Waals surface area contributed by atoms with Gasteiger partial charge in [-0.25, -0.2) is 0 Å². The Kier molecular flexibility index (Phi) is 4.58. The molecule has 3 rings (SSSR count). The van der Waals surface area contributed by atoms with Crippen molar-refractivity contribution in [2.75, 3.05) is 6.54 Å². The molecule has 0 aromatic carbocycles. The Balaban J connectivity index is 1.75. The Hall–Kier alpha value is -0.960. The number of hydrogen-bond donors (Lipinski definition) is 1. The second-order valence-electron chi connectivity index (χ2n) is 7.20. The van der Waals surface area contributed by atoms with Gasteiger partial charge in [-0.15, -0.1) is 0 Å². The van der Waals surface area contributed by atoms with Crippen LogP contribution in [0.2, 0.25) is 0 Å². The van der Waals surface area contributed by atoms with Gasteiger partial charge in [0, 0.05) is 6.04 Å². The van der Waals surface area contributed by atoms with Crippen molar-refractivity contribution in [1.29, 1.82) is 0 Å². The minimum atomic E-state index is 0.462. The molecule has 0 amide bonds. The normalized spacial score (nSPS) is 29.0. The zero-order valence-electron chi connectivity index (χ0n) is 13.7. The zero-order valence-corrected chi connectivity index (χ0v) is 13.7. The van der Waals surface area contributed by atoms with Crippen molar-refractivity contribution >= 4 is 0 Å². The highest BCUT2D eigenvalue weighted by molar-refractivity contribution is 5.24. The van der Waals surface area contributed by atoms with Gasteiger partial charge >= 0.3 is 0 Å². The lowest BCUT2D eigenvalue weighted by Crippen LogP contribution is -2.27. The van der Waals surface area contributed by atoms with E-state index in [1.54, 1.807) is 0 Å². The van der Waals surface area contributed by atoms with Crippen molar-refractivity contribution in [3.8, 4) is 0 Å². The molecular weight excluding hydrogens is 258 g/mol. The minimum absolute atomic E-state index is 0.462. The molecule has 3 heteroatoms. The van der Waals surface area contributed by atoms with Crippen LogP contribution in [0.5, 0.6) is 0 Å². The van der Waals surface area contributed by atoms with E-state index in [1.165, 1.54) is 44.1 Å². The Morgan fingerprint density at radius 3 is 2.76 bits per heavy atom. The Labute approximate surface area is 128 Å². The molecule has 2 aliphatic carbocycles. The summed E-state index contributed by atoms with van der Waals surface area (Å²) in [6, 6.07) is 2.70. The highest BCUT2D eigenvalue weighted by atomic mass is 15.1. The summed E-state index contributed by atoms with van der Waals surface area (Å²) in [5.41, 5.74) is 3.50. The number of nitrogens with zero attached hydrogens (tertiary/aromatic N) is 2. The number of aryl methyl sites for hydroxylation is 2. The first kappa shape index (κ1) is 15.0. The van der Waals surface area contributed by atoms with Crippen LogP contribution in [0.3, 0.4) is 0 Å². The van der Waals surface area contributed by atoms with Gasteiger partial charge in [0.25, 0.3) is 0 Å². The molecule has 2 fully saturated rings. The maximum absolute atomic E-state index is 4.34. The highest BCUT2D eigenvalue weighted by Gasteiger charge is 2.40. The second-order valence-corrected chi connectivity index (χ2v) is 7.20. The van der Waals surface area contributed by atoms with Gasteiger partial charge in [-0.2, -0.15) is 10.2 Å². The van der Waals surface area contributed by atoms with E-state index in [1.807, 2.05) is 6.92 Å². The van der Waals surface area contributed by atoms with Gasteiger partial charge in [0.15, 0.2) is 0 Å². The van der Waals surface area contributed by atoms with Crippen molar-refractivity contribution in [3.63, 3.8) is 0 Å². The molecule has 0 radical (unpaired) electrons. The lowest BCUT2D eigenvalue weighted by atomic mass is 9.82. The maximum atomic E-state index is 4.34. The van der Waals surface area contributed by atoms with Crippen molar-refractivity contribution in [3.05, 3.63) is 23.0 Å². The van der Waals surface area contributed by atoms with E-state index < -0.39 is 0 Å². The van der Waals surface area contributed by atoms with E-state index in [2.05, 4.69) is 35.4 Å². The Bertz CT molecular complexity index is 485. The van der Waals surface area contributed by atoms with Crippen molar-refractivity contribution in [2.45, 2.75) is 65.3 Å². The van der Waals surface area contributed by atoms with E-state index in [-0.39, 0.29) is 0 Å². The number of aromatic nitrogens is 2. The van der Waals surface area contributed by atoms with Gasteiger partial charge in [-0.1, -0.05) is 13.3 Å². The lowest BCUT2D eigenvalue weighted by Gasteiger charge is -2.28. The molecule has 2 saturated carbocycles. The first-order valence-electron chi connectivity index (χ1n) is 8.71. The fraction of sp³-hybridized carbons (Fsp3) is 0.778. The van der Waals surface area contributed by atoms with E-state index in [0.717, 1.165) is 35.7 Å². The summed E-state index contributed by atoms with van der Waals surface area (Å²) >= 11 is 0. The molecule has 116 valence electrons. The van der Waals surface area contributed by atoms with Crippen LogP contribution in [-0.4, -0.2) is 16.7 Å². The third-order valence-corrected chi connectivity index (χ3v) is 5.58. The quantitative estimate of drug-likeness (QED) is 0.860. The molecule has 3 nitrogen and oxygen atoms in total. The molecule has 1 aromatic heterocycles. The predicted molar refractivity (Wildman–Crippen MR) is 86.1 cm³/mol. The zero-order chi connectivity index (χ0) is 14.8. The van der Waals surface area contributed by atoms with Crippen LogP contribution in [0, 0.1) is 31.6 Å². The topological polar surface area (TPSA) is 37.8 Å². The lowest BCUT2D eigenvalue weighted by molar-refractivity contribution is 0.278. The van der Waals surface area contributed by atoms with Crippen molar-refractivity contribution in [1.82, 2.24) is 15.5 Å². The third kappa shape index (κ3) is 3.28. The van der Waals surface area contributed by atoms with Crippen LogP contribution in [0.15, 0.2) is 6.07 Å². The summed E-state index contributed by atoms with van der Waals surface area (Å²) in [6.07, 6.45) is 8.39. The van der Waals surface area contributed by atoms with Gasteiger partial charge in [-0.05, 0) is 81.9 Å². The third-order valence-electron chi connectivity index (χ3n) is 5.58. The van der Waals surface area contributed by atoms with Crippen LogP contribution >= 0.6 is 0 Å². The number of nitrogens with one attached hydrogen (secondary N) is 1. The smallest absolute Gasteiger partial charge is 0.0648 e. The summed E-state index contributed by atoms with van der Waals surface area (Å²) in [6.45, 7) is 7.48. The van der Waals surface area contributed by atoms with Crippen LogP contribution in [0.25, 0.3) is 0 Å². The number of fused-ring (bicyclic) bond motifs is 2. The first-order chi connectivity index (χ1) is 10.2. The van der Waals surface area contributed by atoms with Crippen molar-refractivity contribution < 1.29 is 0 Å². The molecule has 1 heterocycles. The average molecular weight is 287 g/mol. The van der Waals surface area contributed by atoms with Gasteiger partial charge in [0.05, 0.1) is 11.4 Å². The summed E-state index contributed by atoms with van der Waals surface area (Å²) in [7, 11) is 0. The average Bonchev–Trinajstić information content (AvgIpc) is 3.08. The fourth-order valence-electron chi connectivity index (χ4n) is 4.53. The second kappa shape index (κ2) is 6.43. The monoisotopic (exact) mass is 287 g/mol. The van der Waals surface area contributed by atoms with Crippen LogP contribution in [0.1, 0.15) is 68.4 Å². The maximum Gasteiger partial charge on any atom is 0.0648 e. The van der Waals surface area contributed by atoms with Crippen LogP contribution < -0.4 is 5.32 Å². The van der Waals surface area contributed by atoms with Crippen LogP contribution in [-0.2, 0) is 0 Å². The summed E-state index contributed by atoms with van der Waals surface area (Å²) in [4.78, 5) is 0. The molecule has 0 spiro atoms. The summed E-state index contributed by atoms with van der Waals surface area (Å²) < 4.78 is 0. The predicted octanol–water partition coefficient (Wildman–Crippen LogP) is 3.96. The molecule has 4 atom stereocenters. The molecule has 21 heavy (non-hydrogen) atoms. The highest BCUT2D eigenvalue weighted by Crippen LogP contribution is 2.51. The van der Waals surface area contributed by atoms with E-state index in [0.29, 0.717) is 6.04 Å². The van der Waals surface area contributed by atoms with Gasteiger partial charge in [0.1, 0.15) is 0 Å². The number of hydrogen-bond acceptors (Lipinski definition) is 3. The molecule has 0 saturated heterocycles. The molecule has 2 bridgehead atoms. The van der Waals surface area contributed by atoms with E-state index in [4.69, 9.17) is 0 Å².